The van der Waals surface area contributed by atoms with Crippen LogP contribution in [0.4, 0.5) is 0 Å². The molecule has 0 saturated carbocycles. The molecule has 0 aliphatic rings. The summed E-state index contributed by atoms with van der Waals surface area (Å²) >= 11 is 0. The van der Waals surface area contributed by atoms with Gasteiger partial charge >= 0.3 is 0 Å². The van der Waals surface area contributed by atoms with Gasteiger partial charge in [0.1, 0.15) is 11.7 Å². The van der Waals surface area contributed by atoms with Gasteiger partial charge in [-0.1, -0.05) is 37.3 Å². The Hall–Kier alpha value is -2.89. The van der Waals surface area contributed by atoms with Gasteiger partial charge in [-0.25, -0.2) is 0 Å². The maximum atomic E-state index is 12.7. The summed E-state index contributed by atoms with van der Waals surface area (Å²) in [6.45, 7) is 5.10. The van der Waals surface area contributed by atoms with Crippen LogP contribution in [0.25, 0.3) is 0 Å². The number of primary amides is 1. The van der Waals surface area contributed by atoms with Crippen LogP contribution in [-0.4, -0.2) is 28.6 Å². The number of nitrogens with two attached hydrogens (primary N) is 1. The summed E-state index contributed by atoms with van der Waals surface area (Å²) in [7, 11) is 0. The summed E-state index contributed by atoms with van der Waals surface area (Å²) < 4.78 is 0. The Bertz CT molecular complexity index is 794. The minimum absolute atomic E-state index is 0.0969. The van der Waals surface area contributed by atoms with Gasteiger partial charge in [-0.05, 0) is 31.4 Å². The van der Waals surface area contributed by atoms with Crippen molar-refractivity contribution in [3.8, 4) is 0 Å². The Morgan fingerprint density at radius 2 is 1.84 bits per heavy atom. The van der Waals surface area contributed by atoms with E-state index in [1.54, 1.807) is 6.92 Å². The number of carbonyl (C=O) groups excluding carboxylic acids is 3. The highest BCUT2D eigenvalue weighted by Gasteiger charge is 2.25. The number of aromatic nitrogens is 1. The average molecular weight is 341 g/mol. The summed E-state index contributed by atoms with van der Waals surface area (Å²) in [6.07, 6.45) is 0.838. The summed E-state index contributed by atoms with van der Waals surface area (Å²) in [4.78, 5) is 39.2. The molecule has 0 saturated heterocycles. The Morgan fingerprint density at radius 3 is 2.36 bits per heavy atom. The van der Waals surface area contributed by atoms with Crippen molar-refractivity contribution >= 4 is 17.6 Å². The van der Waals surface area contributed by atoms with Crippen LogP contribution in [0, 0.1) is 6.92 Å². The van der Waals surface area contributed by atoms with E-state index in [4.69, 9.17) is 5.73 Å². The lowest BCUT2D eigenvalue weighted by Gasteiger charge is -2.16. The van der Waals surface area contributed by atoms with Gasteiger partial charge in [0.25, 0.3) is 5.91 Å². The lowest BCUT2D eigenvalue weighted by atomic mass is 10.0. The van der Waals surface area contributed by atoms with Crippen molar-refractivity contribution in [3.63, 3.8) is 0 Å². The molecule has 132 valence electrons. The predicted molar refractivity (Wildman–Crippen MR) is 95.5 cm³/mol. The molecule has 0 radical (unpaired) electrons. The molecule has 4 N–H and O–H groups in total. The van der Waals surface area contributed by atoms with E-state index in [-0.39, 0.29) is 5.78 Å². The quantitative estimate of drug-likeness (QED) is 0.670. The highest BCUT2D eigenvalue weighted by atomic mass is 16.2. The molecular formula is C19H23N3O3. The molecule has 0 aliphatic heterocycles. The first-order chi connectivity index (χ1) is 11.8. The van der Waals surface area contributed by atoms with Gasteiger partial charge in [-0.15, -0.1) is 0 Å². The lowest BCUT2D eigenvalue weighted by Crippen LogP contribution is -2.46. The highest BCUT2D eigenvalue weighted by molar-refractivity contribution is 6.03. The second kappa shape index (κ2) is 7.79. The van der Waals surface area contributed by atoms with E-state index < -0.39 is 17.9 Å². The van der Waals surface area contributed by atoms with E-state index in [0.717, 1.165) is 5.56 Å². The van der Waals surface area contributed by atoms with Crippen LogP contribution in [0.2, 0.25) is 0 Å². The number of aromatic amines is 1. The number of nitrogens with one attached hydrogen (secondary N) is 2. The number of amides is 2. The summed E-state index contributed by atoms with van der Waals surface area (Å²) in [5, 5.41) is 2.68. The number of hydrogen-bond donors (Lipinski definition) is 3. The van der Waals surface area contributed by atoms with Crippen LogP contribution >= 0.6 is 0 Å². The van der Waals surface area contributed by atoms with Gasteiger partial charge in [-0.2, -0.15) is 0 Å². The molecule has 6 heteroatoms. The molecule has 0 aliphatic carbocycles. The molecule has 25 heavy (non-hydrogen) atoms. The van der Waals surface area contributed by atoms with Crippen LogP contribution in [0.1, 0.15) is 51.5 Å². The Labute approximate surface area is 146 Å². The molecule has 1 aromatic carbocycles. The van der Waals surface area contributed by atoms with Crippen molar-refractivity contribution in [1.29, 1.82) is 0 Å². The lowest BCUT2D eigenvalue weighted by molar-refractivity contribution is -0.119. The first kappa shape index (κ1) is 18.4. The van der Waals surface area contributed by atoms with Crippen LogP contribution < -0.4 is 11.1 Å². The van der Waals surface area contributed by atoms with E-state index in [9.17, 15) is 14.4 Å². The molecule has 2 amide bonds. The largest absolute Gasteiger partial charge is 0.368 e. The van der Waals surface area contributed by atoms with Crippen LogP contribution in [0.3, 0.4) is 0 Å². The van der Waals surface area contributed by atoms with Crippen LogP contribution in [-0.2, 0) is 17.6 Å². The second-order valence-electron chi connectivity index (χ2n) is 6.01. The monoisotopic (exact) mass is 341 g/mol. The van der Waals surface area contributed by atoms with Crippen molar-refractivity contribution in [2.45, 2.75) is 39.7 Å². The molecular weight excluding hydrogens is 318 g/mol. The summed E-state index contributed by atoms with van der Waals surface area (Å²) in [5.41, 5.74) is 8.49. The van der Waals surface area contributed by atoms with Crippen molar-refractivity contribution in [2.75, 3.05) is 0 Å². The van der Waals surface area contributed by atoms with Gasteiger partial charge in [0.05, 0.1) is 0 Å². The van der Waals surface area contributed by atoms with Gasteiger partial charge in [0.2, 0.25) is 5.91 Å². The summed E-state index contributed by atoms with van der Waals surface area (Å²) in [5.74, 6) is -1.14. The Balaban J connectivity index is 2.26. The topological polar surface area (TPSA) is 105 Å². The molecule has 2 rings (SSSR count). The van der Waals surface area contributed by atoms with E-state index >= 15 is 0 Å². The minimum atomic E-state index is -0.830. The third kappa shape index (κ3) is 4.15. The maximum Gasteiger partial charge on any atom is 0.268 e. The number of H-pyrrole nitrogens is 1. The smallest absolute Gasteiger partial charge is 0.268 e. The van der Waals surface area contributed by atoms with Crippen molar-refractivity contribution in [2.24, 2.45) is 5.73 Å². The number of Topliss-reactive ketones (excluding diaryl/α,β-unsaturated/α-hetero) is 1. The van der Waals surface area contributed by atoms with Gasteiger partial charge < -0.3 is 16.0 Å². The third-order valence-electron chi connectivity index (χ3n) is 4.16. The molecule has 2 aromatic rings. The number of hydrogen-bond acceptors (Lipinski definition) is 3. The molecule has 0 unspecified atom stereocenters. The molecule has 0 fully saturated rings. The fraction of sp³-hybridized carbons (Fsp3) is 0.316. The zero-order valence-corrected chi connectivity index (χ0v) is 14.7. The molecule has 1 atom stereocenters. The molecule has 0 bridgehead atoms. The number of benzene rings is 1. The minimum Gasteiger partial charge on any atom is -0.368 e. The van der Waals surface area contributed by atoms with E-state index in [0.29, 0.717) is 35.4 Å². The fourth-order valence-electron chi connectivity index (χ4n) is 3.00. The molecule has 6 nitrogen and oxygen atoms in total. The number of rotatable bonds is 7. The predicted octanol–water partition coefficient (Wildman–Crippen LogP) is 1.91. The number of carbonyl (C=O) groups is 3. The molecule has 1 heterocycles. The number of aryl methyl sites for hydroxylation is 1. The molecule has 0 spiro atoms. The Kier molecular flexibility index (Phi) is 5.75. The SMILES string of the molecule is CCc1c(C(=O)N[C@H](Cc2ccccc2)C(N)=O)[nH]c(C)c1C(C)=O. The van der Waals surface area contributed by atoms with Crippen molar-refractivity contribution in [3.05, 3.63) is 58.4 Å². The zero-order valence-electron chi connectivity index (χ0n) is 14.7. The van der Waals surface area contributed by atoms with E-state index in [2.05, 4.69) is 10.3 Å². The van der Waals surface area contributed by atoms with Gasteiger partial charge in [0.15, 0.2) is 5.78 Å². The zero-order chi connectivity index (χ0) is 18.6. The maximum absolute atomic E-state index is 12.7. The van der Waals surface area contributed by atoms with Crippen LogP contribution in [0.15, 0.2) is 30.3 Å². The third-order valence-corrected chi connectivity index (χ3v) is 4.16. The van der Waals surface area contributed by atoms with Gasteiger partial charge in [-0.3, -0.25) is 14.4 Å². The van der Waals surface area contributed by atoms with E-state index in [1.165, 1.54) is 6.92 Å². The highest BCUT2D eigenvalue weighted by Crippen LogP contribution is 2.20. The summed E-state index contributed by atoms with van der Waals surface area (Å²) in [6, 6.07) is 8.50. The average Bonchev–Trinajstić information content (AvgIpc) is 2.91. The number of ketones is 1. The van der Waals surface area contributed by atoms with Crippen molar-refractivity contribution in [1.82, 2.24) is 10.3 Å². The van der Waals surface area contributed by atoms with Crippen LogP contribution in [0.5, 0.6) is 0 Å². The second-order valence-corrected chi connectivity index (χ2v) is 6.01. The fourth-order valence-corrected chi connectivity index (χ4v) is 3.00. The first-order valence-electron chi connectivity index (χ1n) is 8.21. The first-order valence-corrected chi connectivity index (χ1v) is 8.21. The van der Waals surface area contributed by atoms with E-state index in [1.807, 2.05) is 37.3 Å². The normalized spacial score (nSPS) is 11.8. The van der Waals surface area contributed by atoms with Crippen molar-refractivity contribution < 1.29 is 14.4 Å². The van der Waals surface area contributed by atoms with Gasteiger partial charge in [0, 0.05) is 17.7 Å². The Morgan fingerprint density at radius 1 is 1.20 bits per heavy atom. The standard InChI is InChI=1S/C19H23N3O3/c1-4-14-16(12(3)23)11(2)21-17(14)19(25)22-15(18(20)24)10-13-8-6-5-7-9-13/h5-9,15,21H,4,10H2,1-3H3,(H2,20,24)(H,22,25)/t15-/m1/s1. The molecule has 1 aromatic heterocycles.